The predicted octanol–water partition coefficient (Wildman–Crippen LogP) is 1.46. The number of amides is 1. The molecule has 0 radical (unpaired) electrons. The molecule has 1 aromatic carbocycles. The summed E-state index contributed by atoms with van der Waals surface area (Å²) in [6.07, 6.45) is 1.39. The smallest absolute Gasteiger partial charge is 0.240 e. The third-order valence-electron chi connectivity index (χ3n) is 4.53. The molecule has 0 spiro atoms. The molecular formula is C19H32IN5O3S. The van der Waals surface area contributed by atoms with Gasteiger partial charge in [-0.25, -0.2) is 13.1 Å². The van der Waals surface area contributed by atoms with E-state index in [2.05, 4.69) is 20.3 Å². The standard InChI is InChI=1S/C19H31N5O3S.HI/c1-4-18(25)24-13-10-16(14-24)23-19(20-5-2)21-11-12-22-28(26,27)17-8-6-15(3)7-9-17;/h6-9,16,22H,4-5,10-14H2,1-3H3,(H2,20,21,23);1H. The van der Waals surface area contributed by atoms with Crippen LogP contribution < -0.4 is 15.4 Å². The quantitative estimate of drug-likeness (QED) is 0.202. The highest BCUT2D eigenvalue weighted by Gasteiger charge is 2.25. The minimum atomic E-state index is -3.53. The lowest BCUT2D eigenvalue weighted by Crippen LogP contribution is -2.45. The number of guanidine groups is 1. The van der Waals surface area contributed by atoms with Crippen LogP contribution in [-0.4, -0.2) is 64.0 Å². The summed E-state index contributed by atoms with van der Waals surface area (Å²) in [4.78, 5) is 18.3. The van der Waals surface area contributed by atoms with E-state index in [0.29, 0.717) is 32.0 Å². The number of sulfonamides is 1. The first-order chi connectivity index (χ1) is 13.4. The Morgan fingerprint density at radius 2 is 1.93 bits per heavy atom. The van der Waals surface area contributed by atoms with Gasteiger partial charge in [0.15, 0.2) is 5.96 Å². The van der Waals surface area contributed by atoms with Crippen LogP contribution >= 0.6 is 24.0 Å². The number of carbonyl (C=O) groups is 1. The second kappa shape index (κ2) is 12.3. The second-order valence-electron chi connectivity index (χ2n) is 6.79. The number of hydrogen-bond donors (Lipinski definition) is 3. The van der Waals surface area contributed by atoms with Gasteiger partial charge in [-0.15, -0.1) is 24.0 Å². The zero-order chi connectivity index (χ0) is 20.6. The molecule has 1 aliphatic rings. The highest BCUT2D eigenvalue weighted by Crippen LogP contribution is 2.11. The van der Waals surface area contributed by atoms with Gasteiger partial charge in [0.25, 0.3) is 0 Å². The van der Waals surface area contributed by atoms with E-state index in [1.54, 1.807) is 24.3 Å². The number of halogens is 1. The minimum Gasteiger partial charge on any atom is -0.357 e. The first-order valence-corrected chi connectivity index (χ1v) is 11.2. The molecule has 1 saturated heterocycles. The van der Waals surface area contributed by atoms with Crippen molar-refractivity contribution in [1.82, 2.24) is 20.3 Å². The summed E-state index contributed by atoms with van der Waals surface area (Å²) in [5.74, 6) is 0.796. The normalized spacial score (nSPS) is 17.0. The molecule has 1 aliphatic heterocycles. The van der Waals surface area contributed by atoms with Crippen LogP contribution in [0.5, 0.6) is 0 Å². The van der Waals surface area contributed by atoms with Crippen LogP contribution in [0.25, 0.3) is 0 Å². The van der Waals surface area contributed by atoms with Crippen LogP contribution in [0.4, 0.5) is 0 Å². The lowest BCUT2D eigenvalue weighted by molar-refractivity contribution is -0.129. The van der Waals surface area contributed by atoms with Crippen molar-refractivity contribution in [2.45, 2.75) is 44.6 Å². The third kappa shape index (κ3) is 8.09. The molecule has 1 heterocycles. The van der Waals surface area contributed by atoms with E-state index in [1.165, 1.54) is 0 Å². The van der Waals surface area contributed by atoms with Crippen LogP contribution in [-0.2, 0) is 14.8 Å². The average Bonchev–Trinajstić information content (AvgIpc) is 3.13. The molecule has 1 unspecified atom stereocenters. The lowest BCUT2D eigenvalue weighted by atomic mass is 10.2. The minimum absolute atomic E-state index is 0. The van der Waals surface area contributed by atoms with E-state index < -0.39 is 10.0 Å². The van der Waals surface area contributed by atoms with Gasteiger partial charge in [-0.2, -0.15) is 0 Å². The van der Waals surface area contributed by atoms with Gasteiger partial charge in [-0.3, -0.25) is 9.79 Å². The number of benzene rings is 1. The monoisotopic (exact) mass is 537 g/mol. The molecule has 164 valence electrons. The molecule has 3 N–H and O–H groups in total. The van der Waals surface area contributed by atoms with E-state index in [1.807, 2.05) is 25.7 Å². The number of aryl methyl sites for hydroxylation is 1. The summed E-state index contributed by atoms with van der Waals surface area (Å²) in [7, 11) is -3.53. The molecule has 2 rings (SSSR count). The number of nitrogens with zero attached hydrogens (tertiary/aromatic N) is 2. The maximum atomic E-state index is 12.3. The number of aliphatic imine (C=N–C) groups is 1. The molecule has 1 amide bonds. The fourth-order valence-electron chi connectivity index (χ4n) is 2.99. The molecule has 8 nitrogen and oxygen atoms in total. The van der Waals surface area contributed by atoms with Gasteiger partial charge in [0.2, 0.25) is 15.9 Å². The lowest BCUT2D eigenvalue weighted by Gasteiger charge is -2.18. The van der Waals surface area contributed by atoms with Crippen LogP contribution in [0.2, 0.25) is 0 Å². The van der Waals surface area contributed by atoms with Crippen LogP contribution in [0.1, 0.15) is 32.3 Å². The highest BCUT2D eigenvalue weighted by molar-refractivity contribution is 14.0. The fraction of sp³-hybridized carbons (Fsp3) is 0.579. The van der Waals surface area contributed by atoms with E-state index in [9.17, 15) is 13.2 Å². The molecule has 0 aromatic heterocycles. The van der Waals surface area contributed by atoms with Crippen LogP contribution in [0.3, 0.4) is 0 Å². The third-order valence-corrected chi connectivity index (χ3v) is 6.01. The van der Waals surface area contributed by atoms with Crippen LogP contribution in [0, 0.1) is 6.92 Å². The molecule has 1 fully saturated rings. The van der Waals surface area contributed by atoms with Crippen molar-refractivity contribution in [3.05, 3.63) is 29.8 Å². The highest BCUT2D eigenvalue weighted by atomic mass is 127. The molecule has 0 saturated carbocycles. The molecule has 1 aromatic rings. The summed E-state index contributed by atoms with van der Waals surface area (Å²) in [5.41, 5.74) is 1.01. The molecule has 0 bridgehead atoms. The fourth-order valence-corrected chi connectivity index (χ4v) is 4.01. The van der Waals surface area contributed by atoms with Crippen molar-refractivity contribution in [3.8, 4) is 0 Å². The van der Waals surface area contributed by atoms with Gasteiger partial charge < -0.3 is 15.5 Å². The average molecular weight is 537 g/mol. The maximum Gasteiger partial charge on any atom is 0.240 e. The number of likely N-dealkylation sites (tertiary alicyclic amines) is 1. The van der Waals surface area contributed by atoms with Gasteiger partial charge in [0.1, 0.15) is 0 Å². The van der Waals surface area contributed by atoms with Crippen molar-refractivity contribution < 1.29 is 13.2 Å². The Kier molecular flexibility index (Phi) is 10.9. The van der Waals surface area contributed by atoms with Gasteiger partial charge >= 0.3 is 0 Å². The first-order valence-electron chi connectivity index (χ1n) is 9.74. The maximum absolute atomic E-state index is 12.3. The topological polar surface area (TPSA) is 103 Å². The van der Waals surface area contributed by atoms with E-state index >= 15 is 0 Å². The summed E-state index contributed by atoms with van der Waals surface area (Å²) < 4.78 is 27.2. The second-order valence-corrected chi connectivity index (χ2v) is 8.56. The van der Waals surface area contributed by atoms with Gasteiger partial charge in [-0.1, -0.05) is 24.6 Å². The van der Waals surface area contributed by atoms with Crippen molar-refractivity contribution in [2.24, 2.45) is 4.99 Å². The summed E-state index contributed by atoms with van der Waals surface area (Å²) in [5, 5.41) is 6.49. The molecule has 0 aliphatic carbocycles. The summed E-state index contributed by atoms with van der Waals surface area (Å²) in [6.45, 7) is 8.38. The van der Waals surface area contributed by atoms with Crippen molar-refractivity contribution in [2.75, 3.05) is 32.7 Å². The molecule has 29 heavy (non-hydrogen) atoms. The Labute approximate surface area is 191 Å². The molecular weight excluding hydrogens is 505 g/mol. The van der Waals surface area contributed by atoms with E-state index in [4.69, 9.17) is 0 Å². The Morgan fingerprint density at radius 1 is 1.24 bits per heavy atom. The number of rotatable bonds is 8. The van der Waals surface area contributed by atoms with Crippen molar-refractivity contribution in [1.29, 1.82) is 0 Å². The first kappa shape index (κ1) is 25.6. The summed E-state index contributed by atoms with van der Waals surface area (Å²) >= 11 is 0. The number of hydrogen-bond acceptors (Lipinski definition) is 4. The Bertz CT molecular complexity index is 784. The van der Waals surface area contributed by atoms with Crippen molar-refractivity contribution >= 4 is 45.9 Å². The van der Waals surface area contributed by atoms with Gasteiger partial charge in [0.05, 0.1) is 11.4 Å². The number of carbonyl (C=O) groups excluding carboxylic acids is 1. The zero-order valence-electron chi connectivity index (χ0n) is 17.3. The van der Waals surface area contributed by atoms with Gasteiger partial charge in [-0.05, 0) is 32.4 Å². The predicted molar refractivity (Wildman–Crippen MR) is 126 cm³/mol. The van der Waals surface area contributed by atoms with Crippen LogP contribution in [0.15, 0.2) is 34.2 Å². The summed E-state index contributed by atoms with van der Waals surface area (Å²) in [6, 6.07) is 6.88. The Hall–Kier alpha value is -1.40. The SMILES string of the molecule is CCNC(=NCCNS(=O)(=O)c1ccc(C)cc1)NC1CCN(C(=O)CC)C1.I. The molecule has 1 atom stereocenters. The zero-order valence-corrected chi connectivity index (χ0v) is 20.4. The van der Waals surface area contributed by atoms with E-state index in [0.717, 1.165) is 18.5 Å². The Morgan fingerprint density at radius 3 is 2.55 bits per heavy atom. The Balaban J connectivity index is 0.00000420. The molecule has 10 heteroatoms. The van der Waals surface area contributed by atoms with Gasteiger partial charge in [0, 0.05) is 38.6 Å². The number of nitrogens with one attached hydrogen (secondary N) is 3. The largest absolute Gasteiger partial charge is 0.357 e. The van der Waals surface area contributed by atoms with Crippen molar-refractivity contribution in [3.63, 3.8) is 0 Å². The van der Waals surface area contributed by atoms with E-state index in [-0.39, 0.29) is 47.4 Å².